The largest absolute Gasteiger partial charge is 0.493 e. The molecule has 0 spiro atoms. The molecule has 8 heteroatoms. The van der Waals surface area contributed by atoms with Crippen LogP contribution in [-0.2, 0) is 14.8 Å². The number of hydrogen-bond donors (Lipinski definition) is 2. The summed E-state index contributed by atoms with van der Waals surface area (Å²) in [4.78, 5) is 12.6. The van der Waals surface area contributed by atoms with Gasteiger partial charge in [-0.25, -0.2) is 8.42 Å². The molecule has 0 aliphatic rings. The van der Waals surface area contributed by atoms with Gasteiger partial charge in [0.15, 0.2) is 17.6 Å². The van der Waals surface area contributed by atoms with E-state index in [-0.39, 0.29) is 10.8 Å². The van der Waals surface area contributed by atoms with Gasteiger partial charge in [0, 0.05) is 5.69 Å². The Labute approximate surface area is 188 Å². The van der Waals surface area contributed by atoms with Crippen LogP contribution in [0.15, 0.2) is 71.6 Å². The normalized spacial score (nSPS) is 12.0. The predicted molar refractivity (Wildman–Crippen MR) is 125 cm³/mol. The van der Waals surface area contributed by atoms with Crippen LogP contribution in [0.1, 0.15) is 18.1 Å². The van der Waals surface area contributed by atoms with Crippen molar-refractivity contribution in [3.05, 3.63) is 77.9 Å². The first-order chi connectivity index (χ1) is 15.2. The summed E-state index contributed by atoms with van der Waals surface area (Å²) in [5.74, 6) is 0.606. The van der Waals surface area contributed by atoms with Gasteiger partial charge in [0.05, 0.1) is 17.7 Å². The number of methoxy groups -OCH3 is 1. The molecule has 3 rings (SSSR count). The summed E-state index contributed by atoms with van der Waals surface area (Å²) in [5, 5.41) is 2.73. The predicted octanol–water partition coefficient (Wildman–Crippen LogP) is 4.52. The third-order valence-corrected chi connectivity index (χ3v) is 6.26. The molecule has 0 fully saturated rings. The van der Waals surface area contributed by atoms with Gasteiger partial charge in [-0.05, 0) is 68.3 Å². The van der Waals surface area contributed by atoms with Crippen molar-refractivity contribution in [3.8, 4) is 11.5 Å². The number of rotatable bonds is 8. The number of nitrogens with one attached hydrogen (secondary N) is 2. The van der Waals surface area contributed by atoms with Crippen LogP contribution in [0.25, 0.3) is 0 Å². The molecule has 0 aromatic heterocycles. The number of carbonyl (C=O) groups excluding carboxylic acids is 1. The fourth-order valence-electron chi connectivity index (χ4n) is 3.09. The number of hydrogen-bond acceptors (Lipinski definition) is 5. The number of amides is 1. The van der Waals surface area contributed by atoms with Gasteiger partial charge in [0.1, 0.15) is 0 Å². The van der Waals surface area contributed by atoms with E-state index in [4.69, 9.17) is 9.47 Å². The van der Waals surface area contributed by atoms with Crippen LogP contribution >= 0.6 is 0 Å². The van der Waals surface area contributed by atoms with Gasteiger partial charge >= 0.3 is 0 Å². The van der Waals surface area contributed by atoms with E-state index in [0.717, 1.165) is 11.1 Å². The summed E-state index contributed by atoms with van der Waals surface area (Å²) in [7, 11) is -2.24. The molecule has 3 aromatic carbocycles. The zero-order chi connectivity index (χ0) is 23.3. The molecular weight excluding hydrogens is 428 g/mol. The van der Waals surface area contributed by atoms with Crippen molar-refractivity contribution in [2.45, 2.75) is 31.8 Å². The number of aryl methyl sites for hydroxylation is 2. The van der Waals surface area contributed by atoms with E-state index in [1.54, 1.807) is 31.2 Å². The average Bonchev–Trinajstić information content (AvgIpc) is 2.77. The van der Waals surface area contributed by atoms with Gasteiger partial charge in [-0.15, -0.1) is 0 Å². The third-order valence-electron chi connectivity index (χ3n) is 4.89. The van der Waals surface area contributed by atoms with Crippen LogP contribution in [0.3, 0.4) is 0 Å². The Kier molecular flexibility index (Phi) is 7.05. The zero-order valence-corrected chi connectivity index (χ0v) is 19.2. The number of ether oxygens (including phenoxy) is 2. The minimum absolute atomic E-state index is 0.0940. The number of anilines is 2. The van der Waals surface area contributed by atoms with Crippen LogP contribution in [0.4, 0.5) is 11.4 Å². The van der Waals surface area contributed by atoms with Crippen molar-refractivity contribution in [1.82, 2.24) is 0 Å². The van der Waals surface area contributed by atoms with E-state index in [1.165, 1.54) is 31.4 Å². The van der Waals surface area contributed by atoms with E-state index in [0.29, 0.717) is 22.9 Å². The molecule has 1 atom stereocenters. The van der Waals surface area contributed by atoms with E-state index in [1.807, 2.05) is 32.0 Å². The molecule has 0 saturated carbocycles. The number of sulfonamides is 1. The highest BCUT2D eigenvalue weighted by Gasteiger charge is 2.19. The maximum atomic E-state index is 12.8. The minimum atomic E-state index is -3.77. The van der Waals surface area contributed by atoms with Crippen molar-refractivity contribution in [2.24, 2.45) is 0 Å². The van der Waals surface area contributed by atoms with Gasteiger partial charge in [0.25, 0.3) is 15.9 Å². The molecule has 0 aliphatic heterocycles. The first-order valence-corrected chi connectivity index (χ1v) is 11.5. The highest BCUT2D eigenvalue weighted by Crippen LogP contribution is 2.27. The molecule has 0 aliphatic carbocycles. The maximum absolute atomic E-state index is 12.8. The monoisotopic (exact) mass is 454 g/mol. The van der Waals surface area contributed by atoms with Crippen LogP contribution in [0, 0.1) is 13.8 Å². The molecule has 168 valence electrons. The Bertz CT molecular complexity index is 1190. The molecule has 3 aromatic rings. The summed E-state index contributed by atoms with van der Waals surface area (Å²) in [6.07, 6.45) is -0.791. The second-order valence-corrected chi connectivity index (χ2v) is 8.98. The van der Waals surface area contributed by atoms with Crippen molar-refractivity contribution >= 4 is 27.3 Å². The molecule has 7 nitrogen and oxygen atoms in total. The molecule has 32 heavy (non-hydrogen) atoms. The highest BCUT2D eigenvalue weighted by atomic mass is 32.2. The lowest BCUT2D eigenvalue weighted by Gasteiger charge is -2.17. The third kappa shape index (κ3) is 5.39. The Hall–Kier alpha value is -3.52. The fourth-order valence-corrected chi connectivity index (χ4v) is 4.29. The van der Waals surface area contributed by atoms with Crippen LogP contribution < -0.4 is 19.5 Å². The molecule has 0 bridgehead atoms. The standard InChI is InChI=1S/C24H26N2O5S/c1-16-8-7-9-17(2)23(16)26-32(28,29)20-14-12-19(13-15-20)25-24(27)18(3)31-22-11-6-5-10-21(22)30-4/h5-15,18,26H,1-4H3,(H,25,27)/t18-/m0/s1. The summed E-state index contributed by atoms with van der Waals surface area (Å²) in [5.41, 5.74) is 2.69. The Morgan fingerprint density at radius 3 is 2.06 bits per heavy atom. The van der Waals surface area contributed by atoms with Crippen molar-refractivity contribution in [3.63, 3.8) is 0 Å². The zero-order valence-electron chi connectivity index (χ0n) is 18.4. The molecule has 0 radical (unpaired) electrons. The Balaban J connectivity index is 1.68. The molecule has 0 unspecified atom stereocenters. The smallest absolute Gasteiger partial charge is 0.265 e. The van der Waals surface area contributed by atoms with Crippen molar-refractivity contribution in [1.29, 1.82) is 0 Å². The van der Waals surface area contributed by atoms with Crippen molar-refractivity contribution < 1.29 is 22.7 Å². The number of para-hydroxylation sites is 3. The lowest BCUT2D eigenvalue weighted by Crippen LogP contribution is -2.30. The van der Waals surface area contributed by atoms with E-state index in [2.05, 4.69) is 10.0 Å². The lowest BCUT2D eigenvalue weighted by molar-refractivity contribution is -0.122. The molecule has 2 N–H and O–H groups in total. The van der Waals surface area contributed by atoms with E-state index in [9.17, 15) is 13.2 Å². The Morgan fingerprint density at radius 2 is 1.47 bits per heavy atom. The highest BCUT2D eigenvalue weighted by molar-refractivity contribution is 7.92. The summed E-state index contributed by atoms with van der Waals surface area (Å²) < 4.78 is 39.1. The first-order valence-electron chi connectivity index (χ1n) is 10.0. The summed E-state index contributed by atoms with van der Waals surface area (Å²) >= 11 is 0. The second kappa shape index (κ2) is 9.74. The number of benzene rings is 3. The van der Waals surface area contributed by atoms with Gasteiger partial charge < -0.3 is 14.8 Å². The maximum Gasteiger partial charge on any atom is 0.265 e. The molecule has 1 amide bonds. The van der Waals surface area contributed by atoms with Gasteiger partial charge in [-0.2, -0.15) is 0 Å². The van der Waals surface area contributed by atoms with Gasteiger partial charge in [-0.3, -0.25) is 9.52 Å². The summed E-state index contributed by atoms with van der Waals surface area (Å²) in [6, 6.07) is 18.6. The Morgan fingerprint density at radius 1 is 0.875 bits per heavy atom. The minimum Gasteiger partial charge on any atom is -0.493 e. The number of carbonyl (C=O) groups is 1. The SMILES string of the molecule is COc1ccccc1O[C@@H](C)C(=O)Nc1ccc(S(=O)(=O)Nc2c(C)cccc2C)cc1. The molecular formula is C24H26N2O5S. The fraction of sp³-hybridized carbons (Fsp3) is 0.208. The van der Waals surface area contributed by atoms with Crippen molar-refractivity contribution in [2.75, 3.05) is 17.1 Å². The van der Waals surface area contributed by atoms with Gasteiger partial charge in [0.2, 0.25) is 0 Å². The lowest BCUT2D eigenvalue weighted by atomic mass is 10.1. The van der Waals surface area contributed by atoms with E-state index >= 15 is 0 Å². The van der Waals surface area contributed by atoms with E-state index < -0.39 is 16.1 Å². The topological polar surface area (TPSA) is 93.7 Å². The van der Waals surface area contributed by atoms with Crippen LogP contribution in [0.5, 0.6) is 11.5 Å². The first kappa shape index (κ1) is 23.1. The average molecular weight is 455 g/mol. The van der Waals surface area contributed by atoms with Crippen LogP contribution in [-0.4, -0.2) is 27.5 Å². The molecule has 0 saturated heterocycles. The quantitative estimate of drug-likeness (QED) is 0.522. The van der Waals surface area contributed by atoms with Gasteiger partial charge in [-0.1, -0.05) is 30.3 Å². The summed E-state index contributed by atoms with van der Waals surface area (Å²) in [6.45, 7) is 5.31. The molecule has 0 heterocycles. The second-order valence-electron chi connectivity index (χ2n) is 7.30. The van der Waals surface area contributed by atoms with Crippen LogP contribution in [0.2, 0.25) is 0 Å².